The lowest BCUT2D eigenvalue weighted by Crippen LogP contribution is -2.49. The zero-order chi connectivity index (χ0) is 23.0. The topological polar surface area (TPSA) is 102 Å². The first kappa shape index (κ1) is 24.2. The summed E-state index contributed by atoms with van der Waals surface area (Å²) in [6.07, 6.45) is 3.09. The minimum Gasteiger partial charge on any atom is -0.484 e. The van der Waals surface area contributed by atoms with Gasteiger partial charge in [0, 0.05) is 17.6 Å². The first-order chi connectivity index (χ1) is 14.8. The molecular weight excluding hydrogens is 404 g/mol. The van der Waals surface area contributed by atoms with Gasteiger partial charge in [0.2, 0.25) is 0 Å². The number of rotatable bonds is 8. The zero-order valence-corrected chi connectivity index (χ0v) is 18.5. The number of ether oxygens (including phenoxy) is 3. The fraction of sp³-hybridized carbons (Fsp3) is 0.545. The minimum atomic E-state index is -0.656. The zero-order valence-electron chi connectivity index (χ0n) is 18.5. The maximum Gasteiger partial charge on any atom is 0.325 e. The van der Waals surface area contributed by atoms with Crippen molar-refractivity contribution in [1.29, 1.82) is 0 Å². The van der Waals surface area contributed by atoms with E-state index < -0.39 is 17.8 Å². The van der Waals surface area contributed by atoms with Crippen molar-refractivity contribution in [2.45, 2.75) is 45.2 Å². The highest BCUT2D eigenvalue weighted by Gasteiger charge is 2.29. The van der Waals surface area contributed by atoms with Crippen molar-refractivity contribution in [3.63, 3.8) is 0 Å². The summed E-state index contributed by atoms with van der Waals surface area (Å²) >= 11 is 0. The Hall–Kier alpha value is -3.10. The molecule has 1 fully saturated rings. The lowest BCUT2D eigenvalue weighted by Gasteiger charge is -2.38. The molecule has 31 heavy (non-hydrogen) atoms. The van der Waals surface area contributed by atoms with E-state index in [1.165, 1.54) is 26.4 Å². The van der Waals surface area contributed by atoms with Crippen molar-refractivity contribution < 1.29 is 33.4 Å². The number of methoxy groups -OCH3 is 2. The van der Waals surface area contributed by atoms with Crippen LogP contribution in [-0.2, 0) is 23.9 Å². The summed E-state index contributed by atoms with van der Waals surface area (Å²) in [5, 5.41) is 0. The maximum atomic E-state index is 12.7. The van der Waals surface area contributed by atoms with E-state index in [0.717, 1.165) is 24.2 Å². The van der Waals surface area contributed by atoms with Gasteiger partial charge < -0.3 is 24.0 Å². The highest BCUT2D eigenvalue weighted by molar-refractivity contribution is 5.97. The molecule has 0 saturated carbocycles. The van der Waals surface area contributed by atoms with Gasteiger partial charge in [-0.15, -0.1) is 0 Å². The molecule has 0 radical (unpaired) electrons. The quantitative estimate of drug-likeness (QED) is 0.573. The van der Waals surface area contributed by atoms with Crippen LogP contribution in [0.25, 0.3) is 0 Å². The van der Waals surface area contributed by atoms with Crippen molar-refractivity contribution in [3.8, 4) is 5.75 Å². The molecule has 2 amide bonds. The fourth-order valence-electron chi connectivity index (χ4n) is 3.65. The standard InChI is InChI=1S/C22H30N2O7/c1-15-6-5-7-16(2)24(15)19(25)14-31-18-10-8-17(9-11-18)22(28)23(12-20(26)29-3)13-21(27)30-4/h8-11,15-16H,5-7,12-14H2,1-4H3. The summed E-state index contributed by atoms with van der Waals surface area (Å²) in [6.45, 7) is 3.23. The Morgan fingerprint density at radius 1 is 0.935 bits per heavy atom. The normalized spacial score (nSPS) is 18.1. The van der Waals surface area contributed by atoms with E-state index >= 15 is 0 Å². The predicted molar refractivity (Wildman–Crippen MR) is 111 cm³/mol. The van der Waals surface area contributed by atoms with Crippen LogP contribution < -0.4 is 4.74 Å². The molecule has 0 N–H and O–H groups in total. The molecule has 2 unspecified atom stereocenters. The average molecular weight is 434 g/mol. The van der Waals surface area contributed by atoms with Crippen LogP contribution >= 0.6 is 0 Å². The molecule has 1 aliphatic rings. The SMILES string of the molecule is COC(=O)CN(CC(=O)OC)C(=O)c1ccc(OCC(=O)N2C(C)CCCC2C)cc1. The number of nitrogens with zero attached hydrogens (tertiary/aromatic N) is 2. The van der Waals surface area contributed by atoms with E-state index in [1.54, 1.807) is 12.1 Å². The Kier molecular flexibility index (Phi) is 8.84. The Balaban J connectivity index is 2.00. The van der Waals surface area contributed by atoms with Gasteiger partial charge in [-0.1, -0.05) is 0 Å². The summed E-state index contributed by atoms with van der Waals surface area (Å²) < 4.78 is 14.8. The third-order valence-electron chi connectivity index (χ3n) is 5.33. The maximum absolute atomic E-state index is 12.7. The van der Waals surface area contributed by atoms with E-state index in [-0.39, 0.29) is 43.3 Å². The molecule has 0 spiro atoms. The van der Waals surface area contributed by atoms with Crippen LogP contribution in [0.15, 0.2) is 24.3 Å². The number of piperidine rings is 1. The van der Waals surface area contributed by atoms with Crippen molar-refractivity contribution in [1.82, 2.24) is 9.80 Å². The van der Waals surface area contributed by atoms with Gasteiger partial charge in [0.25, 0.3) is 11.8 Å². The molecule has 9 nitrogen and oxygen atoms in total. The van der Waals surface area contributed by atoms with E-state index in [2.05, 4.69) is 9.47 Å². The van der Waals surface area contributed by atoms with Gasteiger partial charge in [0.15, 0.2) is 6.61 Å². The van der Waals surface area contributed by atoms with Gasteiger partial charge in [-0.3, -0.25) is 19.2 Å². The third-order valence-corrected chi connectivity index (χ3v) is 5.33. The summed E-state index contributed by atoms with van der Waals surface area (Å²) in [5.41, 5.74) is 0.254. The van der Waals surface area contributed by atoms with Crippen molar-refractivity contribution in [2.75, 3.05) is 33.9 Å². The van der Waals surface area contributed by atoms with E-state index in [4.69, 9.17) is 4.74 Å². The van der Waals surface area contributed by atoms with Crippen molar-refractivity contribution in [2.24, 2.45) is 0 Å². The molecule has 1 aromatic carbocycles. The van der Waals surface area contributed by atoms with Crippen LogP contribution in [0.3, 0.4) is 0 Å². The highest BCUT2D eigenvalue weighted by atomic mass is 16.5. The molecule has 2 rings (SSSR count). The van der Waals surface area contributed by atoms with E-state index in [0.29, 0.717) is 5.75 Å². The third kappa shape index (κ3) is 6.70. The summed E-state index contributed by atoms with van der Waals surface area (Å²) in [7, 11) is 2.39. The van der Waals surface area contributed by atoms with Crippen molar-refractivity contribution >= 4 is 23.8 Å². The number of carbonyl (C=O) groups is 4. The summed E-state index contributed by atoms with van der Waals surface area (Å²) in [6, 6.07) is 6.53. The minimum absolute atomic E-state index is 0.0674. The second-order valence-electron chi connectivity index (χ2n) is 7.56. The van der Waals surface area contributed by atoms with Crippen molar-refractivity contribution in [3.05, 3.63) is 29.8 Å². The Morgan fingerprint density at radius 2 is 1.45 bits per heavy atom. The molecule has 0 bridgehead atoms. The molecule has 2 atom stereocenters. The molecule has 0 aliphatic carbocycles. The molecule has 0 aromatic heterocycles. The number of amides is 2. The second kappa shape index (κ2) is 11.3. The number of carbonyl (C=O) groups excluding carboxylic acids is 4. The Labute approximate surface area is 182 Å². The number of benzene rings is 1. The number of esters is 2. The average Bonchev–Trinajstić information content (AvgIpc) is 2.76. The van der Waals surface area contributed by atoms with Gasteiger partial charge >= 0.3 is 11.9 Å². The lowest BCUT2D eigenvalue weighted by atomic mass is 9.97. The molecule has 9 heteroatoms. The summed E-state index contributed by atoms with van der Waals surface area (Å²) in [4.78, 5) is 51.4. The van der Waals surface area contributed by atoms with Crippen LogP contribution in [0.5, 0.6) is 5.75 Å². The van der Waals surface area contributed by atoms with Crippen LogP contribution in [-0.4, -0.2) is 79.6 Å². The van der Waals surface area contributed by atoms with Gasteiger partial charge in [-0.25, -0.2) is 0 Å². The van der Waals surface area contributed by atoms with Crippen LogP contribution in [0, 0.1) is 0 Å². The second-order valence-corrected chi connectivity index (χ2v) is 7.56. The van der Waals surface area contributed by atoms with Gasteiger partial charge in [-0.05, 0) is 57.4 Å². The number of hydrogen-bond acceptors (Lipinski definition) is 7. The lowest BCUT2D eigenvalue weighted by molar-refractivity contribution is -0.144. The Morgan fingerprint density at radius 3 is 1.94 bits per heavy atom. The van der Waals surface area contributed by atoms with E-state index in [1.807, 2.05) is 18.7 Å². The smallest absolute Gasteiger partial charge is 0.325 e. The first-order valence-corrected chi connectivity index (χ1v) is 10.2. The molecule has 1 aliphatic heterocycles. The van der Waals surface area contributed by atoms with E-state index in [9.17, 15) is 19.2 Å². The fourth-order valence-corrected chi connectivity index (χ4v) is 3.65. The molecule has 1 aromatic rings. The van der Waals surface area contributed by atoms with Gasteiger partial charge in [0.05, 0.1) is 14.2 Å². The monoisotopic (exact) mass is 434 g/mol. The molecular formula is C22H30N2O7. The Bertz CT molecular complexity index is 766. The predicted octanol–water partition coefficient (Wildman–Crippen LogP) is 1.64. The molecule has 1 saturated heterocycles. The largest absolute Gasteiger partial charge is 0.484 e. The van der Waals surface area contributed by atoms with Crippen LogP contribution in [0.2, 0.25) is 0 Å². The van der Waals surface area contributed by atoms with Crippen LogP contribution in [0.1, 0.15) is 43.5 Å². The highest BCUT2D eigenvalue weighted by Crippen LogP contribution is 2.23. The number of hydrogen-bond donors (Lipinski definition) is 0. The number of likely N-dealkylation sites (tertiary alicyclic amines) is 1. The summed E-state index contributed by atoms with van der Waals surface area (Å²) in [5.74, 6) is -1.47. The molecule has 1 heterocycles. The van der Waals surface area contributed by atoms with Gasteiger partial charge in [-0.2, -0.15) is 0 Å². The van der Waals surface area contributed by atoms with Gasteiger partial charge in [0.1, 0.15) is 18.8 Å². The first-order valence-electron chi connectivity index (χ1n) is 10.2. The molecule has 170 valence electrons. The van der Waals surface area contributed by atoms with Crippen LogP contribution in [0.4, 0.5) is 0 Å².